The van der Waals surface area contributed by atoms with Crippen LogP contribution in [-0.4, -0.2) is 15.1 Å². The Hall–Kier alpha value is -1.62. The highest BCUT2D eigenvalue weighted by Gasteiger charge is 2.03. The normalized spacial score (nSPS) is 10.2. The highest BCUT2D eigenvalue weighted by molar-refractivity contribution is 9.10. The summed E-state index contributed by atoms with van der Waals surface area (Å²) in [6.45, 7) is 0. The molecule has 0 unspecified atom stereocenters. The number of nitrogens with two attached hydrogens (primary N) is 1. The lowest BCUT2D eigenvalue weighted by Gasteiger charge is -2.02. The van der Waals surface area contributed by atoms with Crippen LogP contribution >= 0.6 is 15.9 Å². The molecule has 0 atom stereocenters. The molecule has 2 rings (SSSR count). The van der Waals surface area contributed by atoms with E-state index in [2.05, 4.69) is 25.9 Å². The molecule has 0 saturated carbocycles. The average Bonchev–Trinajstić information content (AvgIpc) is 2.23. The molecule has 4 nitrogen and oxygen atoms in total. The van der Waals surface area contributed by atoms with E-state index in [-0.39, 0.29) is 5.75 Å². The number of phenolic OH excluding ortho intramolecular Hbond substituents is 1. The van der Waals surface area contributed by atoms with Crippen LogP contribution < -0.4 is 5.73 Å². The number of hydrogen-bond donors (Lipinski definition) is 2. The third-order valence-corrected chi connectivity index (χ3v) is 2.51. The zero-order valence-corrected chi connectivity index (χ0v) is 9.27. The van der Waals surface area contributed by atoms with Crippen molar-refractivity contribution in [3.05, 3.63) is 34.9 Å². The van der Waals surface area contributed by atoms with Crippen LogP contribution in [0.3, 0.4) is 0 Å². The third kappa shape index (κ3) is 2.07. The van der Waals surface area contributed by atoms with Crippen LogP contribution in [-0.2, 0) is 0 Å². The third-order valence-electron chi connectivity index (χ3n) is 1.90. The Kier molecular flexibility index (Phi) is 2.55. The van der Waals surface area contributed by atoms with Gasteiger partial charge in [-0.2, -0.15) is 0 Å². The van der Waals surface area contributed by atoms with Crippen molar-refractivity contribution in [3.63, 3.8) is 0 Å². The van der Waals surface area contributed by atoms with Gasteiger partial charge in [-0.3, -0.25) is 0 Å². The highest BCUT2D eigenvalue weighted by atomic mass is 79.9. The Morgan fingerprint density at radius 2 is 1.87 bits per heavy atom. The van der Waals surface area contributed by atoms with Crippen LogP contribution in [0.15, 0.2) is 34.9 Å². The summed E-state index contributed by atoms with van der Waals surface area (Å²) in [5.74, 6) is 1.15. The van der Waals surface area contributed by atoms with Gasteiger partial charge in [0.1, 0.15) is 11.6 Å². The van der Waals surface area contributed by atoms with Gasteiger partial charge in [-0.25, -0.2) is 9.97 Å². The Bertz CT molecular complexity index is 485. The van der Waals surface area contributed by atoms with E-state index in [4.69, 9.17) is 10.8 Å². The van der Waals surface area contributed by atoms with Crippen molar-refractivity contribution in [2.24, 2.45) is 0 Å². The molecule has 0 bridgehead atoms. The summed E-state index contributed by atoms with van der Waals surface area (Å²) in [6.07, 6.45) is 1.60. The van der Waals surface area contributed by atoms with Crippen LogP contribution in [0.4, 0.5) is 5.82 Å². The molecule has 1 heterocycles. The van der Waals surface area contributed by atoms with E-state index in [1.165, 1.54) is 0 Å². The summed E-state index contributed by atoms with van der Waals surface area (Å²) in [7, 11) is 0. The minimum atomic E-state index is 0.212. The molecule has 0 fully saturated rings. The topological polar surface area (TPSA) is 72.0 Å². The number of hydrogen-bond acceptors (Lipinski definition) is 4. The summed E-state index contributed by atoms with van der Waals surface area (Å²) in [6, 6.07) is 6.63. The molecule has 0 spiro atoms. The molecule has 0 aliphatic carbocycles. The fraction of sp³-hybridized carbons (Fsp3) is 0. The Labute approximate surface area is 94.9 Å². The molecular weight excluding hydrogens is 258 g/mol. The van der Waals surface area contributed by atoms with Crippen LogP contribution in [0.25, 0.3) is 11.4 Å². The second-order valence-corrected chi connectivity index (χ2v) is 3.83. The van der Waals surface area contributed by atoms with Crippen LogP contribution in [0.5, 0.6) is 5.75 Å². The molecule has 76 valence electrons. The van der Waals surface area contributed by atoms with Crippen molar-refractivity contribution >= 4 is 21.7 Å². The van der Waals surface area contributed by atoms with Crippen molar-refractivity contribution in [3.8, 4) is 17.1 Å². The van der Waals surface area contributed by atoms with Crippen LogP contribution in [0.2, 0.25) is 0 Å². The molecule has 0 amide bonds. The first-order valence-electron chi connectivity index (χ1n) is 4.24. The number of nitrogens with zero attached hydrogens (tertiary/aromatic N) is 2. The van der Waals surface area contributed by atoms with Gasteiger partial charge in [0.25, 0.3) is 0 Å². The van der Waals surface area contributed by atoms with Gasteiger partial charge in [0.2, 0.25) is 0 Å². The quantitative estimate of drug-likeness (QED) is 0.829. The number of benzene rings is 1. The fourth-order valence-electron chi connectivity index (χ4n) is 1.13. The van der Waals surface area contributed by atoms with Crippen LogP contribution in [0.1, 0.15) is 0 Å². The molecule has 0 aliphatic heterocycles. The zero-order valence-electron chi connectivity index (χ0n) is 7.68. The molecule has 5 heteroatoms. The Morgan fingerprint density at radius 3 is 2.47 bits per heavy atom. The predicted octanol–water partition coefficient (Wildman–Crippen LogP) is 2.19. The monoisotopic (exact) mass is 265 g/mol. The van der Waals surface area contributed by atoms with Crippen molar-refractivity contribution in [2.75, 3.05) is 5.73 Å². The summed E-state index contributed by atoms with van der Waals surface area (Å²) >= 11 is 3.22. The summed E-state index contributed by atoms with van der Waals surface area (Å²) in [5, 5.41) is 9.13. The highest BCUT2D eigenvalue weighted by Crippen LogP contribution is 2.22. The molecule has 1 aromatic carbocycles. The van der Waals surface area contributed by atoms with E-state index in [9.17, 15) is 0 Å². The van der Waals surface area contributed by atoms with Gasteiger partial charge in [0.05, 0.1) is 4.47 Å². The molecule has 15 heavy (non-hydrogen) atoms. The maximum absolute atomic E-state index is 9.13. The number of phenols is 1. The largest absolute Gasteiger partial charge is 0.508 e. The van der Waals surface area contributed by atoms with Crippen molar-refractivity contribution in [1.29, 1.82) is 0 Å². The van der Waals surface area contributed by atoms with Crippen molar-refractivity contribution < 1.29 is 5.11 Å². The second-order valence-electron chi connectivity index (χ2n) is 2.97. The van der Waals surface area contributed by atoms with E-state index >= 15 is 0 Å². The van der Waals surface area contributed by atoms with Crippen molar-refractivity contribution in [2.45, 2.75) is 0 Å². The van der Waals surface area contributed by atoms with Gasteiger partial charge in [-0.1, -0.05) is 0 Å². The smallest absolute Gasteiger partial charge is 0.161 e. The van der Waals surface area contributed by atoms with E-state index in [1.807, 2.05) is 0 Å². The summed E-state index contributed by atoms with van der Waals surface area (Å²) < 4.78 is 0.671. The number of rotatable bonds is 1. The first-order chi connectivity index (χ1) is 7.16. The first-order valence-corrected chi connectivity index (χ1v) is 5.03. The number of nitrogen functional groups attached to an aromatic ring is 1. The lowest BCUT2D eigenvalue weighted by atomic mass is 10.2. The minimum Gasteiger partial charge on any atom is -0.508 e. The van der Waals surface area contributed by atoms with E-state index < -0.39 is 0 Å². The van der Waals surface area contributed by atoms with Gasteiger partial charge in [-0.15, -0.1) is 0 Å². The molecule has 3 N–H and O–H groups in total. The summed E-state index contributed by atoms with van der Waals surface area (Å²) in [5.41, 5.74) is 6.45. The first kappa shape index (κ1) is 9.92. The zero-order chi connectivity index (χ0) is 10.8. The molecule has 0 radical (unpaired) electrons. The Balaban J connectivity index is 2.45. The SMILES string of the molecule is Nc1nc(-c2ccc(O)cc2)ncc1Br. The number of aromatic hydroxyl groups is 1. The lowest BCUT2D eigenvalue weighted by Crippen LogP contribution is -1.96. The van der Waals surface area contributed by atoms with Gasteiger partial charge in [0, 0.05) is 11.8 Å². The fourth-order valence-corrected chi connectivity index (χ4v) is 1.32. The summed E-state index contributed by atoms with van der Waals surface area (Å²) in [4.78, 5) is 8.23. The second kappa shape index (κ2) is 3.86. The standard InChI is InChI=1S/C10H8BrN3O/c11-8-5-13-10(14-9(8)12)6-1-3-7(15)4-2-6/h1-5,15H,(H2,12,13,14). The number of anilines is 1. The maximum Gasteiger partial charge on any atom is 0.161 e. The number of halogens is 1. The molecule has 2 aromatic rings. The van der Waals surface area contributed by atoms with Crippen LogP contribution in [0, 0.1) is 0 Å². The van der Waals surface area contributed by atoms with E-state index in [0.717, 1.165) is 5.56 Å². The van der Waals surface area contributed by atoms with Gasteiger partial charge in [0.15, 0.2) is 5.82 Å². The average molecular weight is 266 g/mol. The molecule has 0 saturated heterocycles. The molecule has 0 aliphatic rings. The van der Waals surface area contributed by atoms with Gasteiger partial charge in [-0.05, 0) is 40.2 Å². The molecule has 1 aromatic heterocycles. The molecular formula is C10H8BrN3O. The van der Waals surface area contributed by atoms with Crippen molar-refractivity contribution in [1.82, 2.24) is 9.97 Å². The predicted molar refractivity (Wildman–Crippen MR) is 61.2 cm³/mol. The lowest BCUT2D eigenvalue weighted by molar-refractivity contribution is 0.475. The Morgan fingerprint density at radius 1 is 1.20 bits per heavy atom. The number of aromatic nitrogens is 2. The van der Waals surface area contributed by atoms with Gasteiger partial charge < -0.3 is 10.8 Å². The van der Waals surface area contributed by atoms with E-state index in [1.54, 1.807) is 30.5 Å². The van der Waals surface area contributed by atoms with Gasteiger partial charge >= 0.3 is 0 Å². The van der Waals surface area contributed by atoms with E-state index in [0.29, 0.717) is 16.1 Å². The minimum absolute atomic E-state index is 0.212. The maximum atomic E-state index is 9.13.